The SMILES string of the molecule is Cc1ccc(C(=O)N2CCC(N3CCN(C(=O)c4cc(-c5ccccc5)nc(-c5ccccc5)c4)CC3)CC2)cc1[N+](=O)[O-]. The van der Waals surface area contributed by atoms with Crippen LogP contribution in [0.15, 0.2) is 91.0 Å². The highest BCUT2D eigenvalue weighted by atomic mass is 16.6. The Morgan fingerprint density at radius 3 is 1.77 bits per heavy atom. The summed E-state index contributed by atoms with van der Waals surface area (Å²) in [7, 11) is 0. The summed E-state index contributed by atoms with van der Waals surface area (Å²) in [4.78, 5) is 48.8. The minimum atomic E-state index is -0.443. The van der Waals surface area contributed by atoms with Gasteiger partial charge >= 0.3 is 0 Å². The number of nitrogens with zero attached hydrogens (tertiary/aromatic N) is 5. The molecule has 9 nitrogen and oxygen atoms in total. The minimum absolute atomic E-state index is 0.00835. The molecular formula is C35H35N5O4. The van der Waals surface area contributed by atoms with E-state index in [0.717, 1.165) is 48.4 Å². The van der Waals surface area contributed by atoms with Crippen LogP contribution in [0.4, 0.5) is 5.69 Å². The molecule has 0 unspecified atom stereocenters. The maximum atomic E-state index is 13.8. The van der Waals surface area contributed by atoms with Gasteiger partial charge in [0, 0.05) is 79.2 Å². The van der Waals surface area contributed by atoms with Gasteiger partial charge in [-0.3, -0.25) is 24.6 Å². The van der Waals surface area contributed by atoms with Gasteiger partial charge in [0.1, 0.15) is 0 Å². The van der Waals surface area contributed by atoms with Gasteiger partial charge in [-0.2, -0.15) is 0 Å². The van der Waals surface area contributed by atoms with Crippen LogP contribution in [0.2, 0.25) is 0 Å². The zero-order valence-corrected chi connectivity index (χ0v) is 24.8. The molecule has 224 valence electrons. The third-order valence-corrected chi connectivity index (χ3v) is 8.73. The highest BCUT2D eigenvalue weighted by Gasteiger charge is 2.31. The largest absolute Gasteiger partial charge is 0.339 e. The summed E-state index contributed by atoms with van der Waals surface area (Å²) in [6, 6.07) is 28.7. The number of aryl methyl sites for hydroxylation is 1. The summed E-state index contributed by atoms with van der Waals surface area (Å²) in [6.45, 7) is 5.70. The Bertz CT molecular complexity index is 1600. The van der Waals surface area contributed by atoms with Gasteiger partial charge in [0.25, 0.3) is 17.5 Å². The van der Waals surface area contributed by atoms with Crippen molar-refractivity contribution in [2.75, 3.05) is 39.3 Å². The van der Waals surface area contributed by atoms with Crippen LogP contribution < -0.4 is 0 Å². The molecule has 0 N–H and O–H groups in total. The quantitative estimate of drug-likeness (QED) is 0.212. The first-order valence-electron chi connectivity index (χ1n) is 15.1. The number of rotatable bonds is 6. The monoisotopic (exact) mass is 589 g/mol. The maximum Gasteiger partial charge on any atom is 0.273 e. The van der Waals surface area contributed by atoms with Crippen molar-refractivity contribution in [3.05, 3.63) is 118 Å². The molecule has 9 heteroatoms. The standard InChI is InChI=1S/C35H35N5O4/c1-25-12-13-28(24-33(25)40(43)44)34(41)38-16-14-30(15-17-38)37-18-20-39(21-19-37)35(42)29-22-31(26-8-4-2-5-9-26)36-32(23-29)27-10-6-3-7-11-27/h2-13,22-24,30H,14-21H2,1H3. The zero-order chi connectivity index (χ0) is 30.6. The summed E-state index contributed by atoms with van der Waals surface area (Å²) in [5, 5.41) is 11.3. The molecule has 2 saturated heterocycles. The molecule has 0 bridgehead atoms. The van der Waals surface area contributed by atoms with Gasteiger partial charge in [-0.25, -0.2) is 4.98 Å². The molecule has 44 heavy (non-hydrogen) atoms. The molecule has 3 heterocycles. The van der Waals surface area contributed by atoms with Crippen LogP contribution in [0.5, 0.6) is 0 Å². The molecule has 2 fully saturated rings. The van der Waals surface area contributed by atoms with Gasteiger partial charge in [-0.15, -0.1) is 0 Å². The Morgan fingerprint density at radius 1 is 0.705 bits per heavy atom. The molecule has 2 amide bonds. The van der Waals surface area contributed by atoms with Gasteiger partial charge in [0.15, 0.2) is 0 Å². The first kappa shape index (κ1) is 29.2. The molecule has 0 atom stereocenters. The van der Waals surface area contributed by atoms with E-state index in [2.05, 4.69) is 4.90 Å². The van der Waals surface area contributed by atoms with Gasteiger partial charge < -0.3 is 9.80 Å². The number of likely N-dealkylation sites (tertiary alicyclic amines) is 1. The smallest absolute Gasteiger partial charge is 0.273 e. The van der Waals surface area contributed by atoms with E-state index >= 15 is 0 Å². The summed E-state index contributed by atoms with van der Waals surface area (Å²) < 4.78 is 0. The van der Waals surface area contributed by atoms with Crippen molar-refractivity contribution in [3.63, 3.8) is 0 Å². The van der Waals surface area contributed by atoms with Gasteiger partial charge in [-0.05, 0) is 38.0 Å². The average molecular weight is 590 g/mol. The van der Waals surface area contributed by atoms with E-state index in [1.165, 1.54) is 6.07 Å². The molecule has 1 aromatic heterocycles. The average Bonchev–Trinajstić information content (AvgIpc) is 3.08. The van der Waals surface area contributed by atoms with Crippen LogP contribution in [-0.2, 0) is 0 Å². The number of amides is 2. The van der Waals surface area contributed by atoms with Crippen LogP contribution in [0.3, 0.4) is 0 Å². The van der Waals surface area contributed by atoms with Gasteiger partial charge in [0.2, 0.25) is 0 Å². The number of piperazine rings is 1. The lowest BCUT2D eigenvalue weighted by Crippen LogP contribution is -2.54. The van der Waals surface area contributed by atoms with Crippen molar-refractivity contribution in [2.45, 2.75) is 25.8 Å². The van der Waals surface area contributed by atoms with E-state index in [0.29, 0.717) is 48.9 Å². The summed E-state index contributed by atoms with van der Waals surface area (Å²) in [5.41, 5.74) is 4.98. The van der Waals surface area contributed by atoms with Crippen molar-refractivity contribution in [1.82, 2.24) is 19.7 Å². The molecule has 4 aromatic rings. The van der Waals surface area contributed by atoms with E-state index < -0.39 is 4.92 Å². The second-order valence-electron chi connectivity index (χ2n) is 11.5. The predicted molar refractivity (Wildman–Crippen MR) is 169 cm³/mol. The van der Waals surface area contributed by atoms with Crippen LogP contribution in [0.1, 0.15) is 39.1 Å². The molecule has 0 aliphatic carbocycles. The number of benzene rings is 3. The predicted octanol–water partition coefficient (Wildman–Crippen LogP) is 5.69. The molecule has 2 aliphatic heterocycles. The lowest BCUT2D eigenvalue weighted by atomic mass is 10.0. The highest BCUT2D eigenvalue weighted by Crippen LogP contribution is 2.27. The van der Waals surface area contributed by atoms with E-state index in [9.17, 15) is 19.7 Å². The Labute approximate surface area is 256 Å². The van der Waals surface area contributed by atoms with Crippen LogP contribution in [0, 0.1) is 17.0 Å². The number of nitro benzene ring substituents is 1. The number of hydrogen-bond acceptors (Lipinski definition) is 6. The number of hydrogen-bond donors (Lipinski definition) is 0. The van der Waals surface area contributed by atoms with Gasteiger partial charge in [0.05, 0.1) is 16.3 Å². The Morgan fingerprint density at radius 2 is 1.23 bits per heavy atom. The Balaban J connectivity index is 1.09. The number of aromatic nitrogens is 1. The number of nitro groups is 1. The third-order valence-electron chi connectivity index (χ3n) is 8.73. The van der Waals surface area contributed by atoms with Crippen LogP contribution in [0.25, 0.3) is 22.5 Å². The first-order valence-corrected chi connectivity index (χ1v) is 15.1. The maximum absolute atomic E-state index is 13.8. The Hall–Kier alpha value is -4.89. The van der Waals surface area contributed by atoms with Crippen molar-refractivity contribution in [3.8, 4) is 22.5 Å². The summed E-state index contributed by atoms with van der Waals surface area (Å²) in [6.07, 6.45) is 1.66. The van der Waals surface area contributed by atoms with E-state index in [1.807, 2.05) is 77.7 Å². The van der Waals surface area contributed by atoms with E-state index in [4.69, 9.17) is 4.98 Å². The van der Waals surface area contributed by atoms with Crippen LogP contribution in [-0.4, -0.2) is 81.7 Å². The van der Waals surface area contributed by atoms with Crippen molar-refractivity contribution < 1.29 is 14.5 Å². The van der Waals surface area contributed by atoms with E-state index in [-0.39, 0.29) is 17.5 Å². The fourth-order valence-electron chi connectivity index (χ4n) is 6.20. The number of pyridine rings is 1. The molecule has 3 aromatic carbocycles. The fourth-order valence-corrected chi connectivity index (χ4v) is 6.20. The number of piperidine rings is 1. The zero-order valence-electron chi connectivity index (χ0n) is 24.8. The highest BCUT2D eigenvalue weighted by molar-refractivity contribution is 5.96. The normalized spacial score (nSPS) is 16.1. The second-order valence-corrected chi connectivity index (χ2v) is 11.5. The minimum Gasteiger partial charge on any atom is -0.339 e. The van der Waals surface area contributed by atoms with Crippen molar-refractivity contribution in [1.29, 1.82) is 0 Å². The molecule has 0 spiro atoms. The van der Waals surface area contributed by atoms with Gasteiger partial charge in [-0.1, -0.05) is 66.7 Å². The van der Waals surface area contributed by atoms with Crippen molar-refractivity contribution >= 4 is 17.5 Å². The van der Waals surface area contributed by atoms with Crippen molar-refractivity contribution in [2.24, 2.45) is 0 Å². The van der Waals surface area contributed by atoms with E-state index in [1.54, 1.807) is 24.0 Å². The molecule has 0 saturated carbocycles. The lowest BCUT2D eigenvalue weighted by Gasteiger charge is -2.42. The molecular weight excluding hydrogens is 554 g/mol. The second kappa shape index (κ2) is 12.8. The van der Waals surface area contributed by atoms with Crippen LogP contribution >= 0.6 is 0 Å². The Kier molecular flexibility index (Phi) is 8.47. The molecule has 0 radical (unpaired) electrons. The first-order chi connectivity index (χ1) is 21.4. The number of carbonyl (C=O) groups is 2. The molecule has 6 rings (SSSR count). The fraction of sp³-hybridized carbons (Fsp3) is 0.286. The summed E-state index contributed by atoms with van der Waals surface area (Å²) >= 11 is 0. The third kappa shape index (κ3) is 6.23. The topological polar surface area (TPSA) is 99.9 Å². The number of carbonyl (C=O) groups excluding carboxylic acids is 2. The molecule has 2 aliphatic rings. The summed E-state index contributed by atoms with van der Waals surface area (Å²) in [5.74, 6) is -0.155. The lowest BCUT2D eigenvalue weighted by molar-refractivity contribution is -0.385.